The zero-order chi connectivity index (χ0) is 19.0. The number of nitrogens with one attached hydrogen (secondary N) is 1. The van der Waals surface area contributed by atoms with Crippen molar-refractivity contribution in [2.45, 2.75) is 18.9 Å². The van der Waals surface area contributed by atoms with Crippen LogP contribution in [-0.2, 0) is 24.8 Å². The van der Waals surface area contributed by atoms with Gasteiger partial charge in [0.15, 0.2) is 0 Å². The summed E-state index contributed by atoms with van der Waals surface area (Å²) in [7, 11) is -0.623. The summed E-state index contributed by atoms with van der Waals surface area (Å²) in [6.45, 7) is 0. The molecule has 0 aliphatic rings. The highest BCUT2D eigenvalue weighted by Gasteiger charge is 2.23. The smallest absolute Gasteiger partial charge is 0.343 e. The lowest BCUT2D eigenvalue weighted by atomic mass is 9.99. The molecule has 0 saturated carbocycles. The molecular weight excluding hydrogens is 353 g/mol. The van der Waals surface area contributed by atoms with Crippen molar-refractivity contribution in [3.05, 3.63) is 60.2 Å². The van der Waals surface area contributed by atoms with E-state index in [1.165, 1.54) is 14.2 Å². The van der Waals surface area contributed by atoms with Gasteiger partial charge in [-0.05, 0) is 23.1 Å². The summed E-state index contributed by atoms with van der Waals surface area (Å²) in [6.07, 6.45) is 0.364. The average Bonchev–Trinajstić information content (AvgIpc) is 2.67. The highest BCUT2D eigenvalue weighted by atomic mass is 31.2. The molecule has 0 unspecified atom stereocenters. The van der Waals surface area contributed by atoms with Crippen LogP contribution in [0.3, 0.4) is 0 Å². The molecule has 0 fully saturated rings. The zero-order valence-electron chi connectivity index (χ0n) is 14.9. The lowest BCUT2D eigenvalue weighted by molar-refractivity contribution is -0.137. The molecule has 6 nitrogen and oxygen atoms in total. The van der Waals surface area contributed by atoms with E-state index in [0.717, 1.165) is 16.7 Å². The molecule has 140 valence electrons. The Hall–Kier alpha value is -1.98. The molecule has 2 aromatic carbocycles. The Kier molecular flexibility index (Phi) is 7.54. The van der Waals surface area contributed by atoms with E-state index in [9.17, 15) is 9.36 Å². The molecule has 7 heteroatoms. The molecule has 2 aromatic rings. The van der Waals surface area contributed by atoms with Gasteiger partial charge in [-0.1, -0.05) is 54.6 Å². The summed E-state index contributed by atoms with van der Waals surface area (Å²) in [5.74, 6) is -0.923. The minimum absolute atomic E-state index is 0.0416. The molecule has 0 aromatic heterocycles. The summed E-state index contributed by atoms with van der Waals surface area (Å²) in [6, 6.07) is 17.6. The average molecular weight is 377 g/mol. The topological polar surface area (TPSA) is 84.9 Å². The number of carbonyl (C=O) groups is 1. The van der Waals surface area contributed by atoms with Gasteiger partial charge in [-0.25, -0.2) is 0 Å². The Morgan fingerprint density at radius 2 is 1.62 bits per heavy atom. The summed E-state index contributed by atoms with van der Waals surface area (Å²) < 4.78 is 21.9. The van der Waals surface area contributed by atoms with Gasteiger partial charge in [-0.3, -0.25) is 9.36 Å². The molecule has 0 bridgehead atoms. The quantitative estimate of drug-likeness (QED) is 0.613. The van der Waals surface area contributed by atoms with E-state index in [2.05, 4.69) is 5.32 Å². The normalized spacial score (nSPS) is 12.7. The third-order valence-corrected chi connectivity index (χ3v) is 5.78. The van der Waals surface area contributed by atoms with Crippen LogP contribution in [0, 0.1) is 0 Å². The Morgan fingerprint density at radius 3 is 2.15 bits per heavy atom. The van der Waals surface area contributed by atoms with E-state index in [1.807, 2.05) is 54.6 Å². The van der Waals surface area contributed by atoms with Gasteiger partial charge in [0, 0.05) is 20.3 Å². The van der Waals surface area contributed by atoms with Gasteiger partial charge in [0.2, 0.25) is 0 Å². The molecule has 2 rings (SSSR count). The molecule has 0 radical (unpaired) electrons. The maximum Gasteiger partial charge on any atom is 0.343 e. The van der Waals surface area contributed by atoms with E-state index < -0.39 is 13.6 Å². The van der Waals surface area contributed by atoms with Gasteiger partial charge in [0.25, 0.3) is 0 Å². The van der Waals surface area contributed by atoms with Gasteiger partial charge in [-0.2, -0.15) is 0 Å². The lowest BCUT2D eigenvalue weighted by Gasteiger charge is -2.20. The number of benzene rings is 2. The third kappa shape index (κ3) is 6.07. The third-order valence-electron chi connectivity index (χ3n) is 4.09. The Balaban J connectivity index is 2.05. The highest BCUT2D eigenvalue weighted by Crippen LogP contribution is 2.44. The fourth-order valence-corrected chi connectivity index (χ4v) is 3.51. The SMILES string of the molecule is COP(=O)(CN[C@H](CC(=O)O)Cc1ccc(-c2ccccc2)cc1)OC. The number of carboxylic acid groups (broad SMARTS) is 1. The van der Waals surface area contributed by atoms with Crippen LogP contribution in [0.1, 0.15) is 12.0 Å². The summed E-state index contributed by atoms with van der Waals surface area (Å²) in [4.78, 5) is 11.1. The molecule has 0 amide bonds. The number of hydrogen-bond donors (Lipinski definition) is 2. The first-order chi connectivity index (χ1) is 12.5. The molecule has 0 saturated heterocycles. The second-order valence-corrected chi connectivity index (χ2v) is 8.17. The van der Waals surface area contributed by atoms with Crippen molar-refractivity contribution in [3.63, 3.8) is 0 Å². The van der Waals surface area contributed by atoms with Crippen molar-refractivity contribution in [3.8, 4) is 11.1 Å². The second kappa shape index (κ2) is 9.64. The predicted octanol–water partition coefficient (Wildman–Crippen LogP) is 3.77. The van der Waals surface area contributed by atoms with Crippen LogP contribution in [0.5, 0.6) is 0 Å². The number of rotatable bonds is 10. The van der Waals surface area contributed by atoms with Crippen LogP contribution in [0.4, 0.5) is 0 Å². The molecule has 0 heterocycles. The summed E-state index contributed by atoms with van der Waals surface area (Å²) >= 11 is 0. The van der Waals surface area contributed by atoms with Crippen LogP contribution < -0.4 is 5.32 Å². The van der Waals surface area contributed by atoms with Crippen LogP contribution in [0.2, 0.25) is 0 Å². The van der Waals surface area contributed by atoms with Crippen molar-refractivity contribution in [1.82, 2.24) is 5.32 Å². The van der Waals surface area contributed by atoms with Crippen molar-refractivity contribution in [2.24, 2.45) is 0 Å². The van der Waals surface area contributed by atoms with Crippen molar-refractivity contribution in [2.75, 3.05) is 20.5 Å². The van der Waals surface area contributed by atoms with Gasteiger partial charge < -0.3 is 19.5 Å². The molecule has 26 heavy (non-hydrogen) atoms. The van der Waals surface area contributed by atoms with Crippen LogP contribution >= 0.6 is 7.60 Å². The van der Waals surface area contributed by atoms with Crippen LogP contribution in [-0.4, -0.2) is 37.6 Å². The van der Waals surface area contributed by atoms with Crippen LogP contribution in [0.15, 0.2) is 54.6 Å². The molecule has 1 atom stereocenters. The Labute approximate surface area is 153 Å². The number of aliphatic carboxylic acids is 1. The second-order valence-electron chi connectivity index (χ2n) is 5.90. The lowest BCUT2D eigenvalue weighted by Crippen LogP contribution is -2.34. The molecule has 0 spiro atoms. The monoisotopic (exact) mass is 377 g/mol. The molecule has 0 aliphatic carbocycles. The highest BCUT2D eigenvalue weighted by molar-refractivity contribution is 7.53. The minimum atomic E-state index is -3.24. The first kappa shape index (κ1) is 20.3. The standard InChI is InChI=1S/C19H24NO5P/c1-24-26(23,25-2)14-20-18(13-19(21)22)12-15-8-10-17(11-9-15)16-6-4-3-5-7-16/h3-11,18,20H,12-14H2,1-2H3,(H,21,22)/t18-/m0/s1. The Bertz CT molecular complexity index is 740. The van der Waals surface area contributed by atoms with Gasteiger partial charge >= 0.3 is 13.6 Å². The number of carboxylic acids is 1. The summed E-state index contributed by atoms with van der Waals surface area (Å²) in [5, 5.41) is 12.1. The fourth-order valence-electron chi connectivity index (χ4n) is 2.62. The van der Waals surface area contributed by atoms with Crippen molar-refractivity contribution >= 4 is 13.6 Å². The summed E-state index contributed by atoms with van der Waals surface area (Å²) in [5.41, 5.74) is 3.22. The zero-order valence-corrected chi connectivity index (χ0v) is 15.8. The number of hydrogen-bond acceptors (Lipinski definition) is 5. The van der Waals surface area contributed by atoms with Gasteiger partial charge in [0.1, 0.15) is 0 Å². The largest absolute Gasteiger partial charge is 0.481 e. The molecule has 0 aliphatic heterocycles. The Morgan fingerprint density at radius 1 is 1.04 bits per heavy atom. The van der Waals surface area contributed by atoms with E-state index in [4.69, 9.17) is 14.2 Å². The fraction of sp³-hybridized carbons (Fsp3) is 0.316. The first-order valence-corrected chi connectivity index (χ1v) is 9.98. The minimum Gasteiger partial charge on any atom is -0.481 e. The maximum absolute atomic E-state index is 12.1. The van der Waals surface area contributed by atoms with E-state index in [-0.39, 0.29) is 18.7 Å². The van der Waals surface area contributed by atoms with Gasteiger partial charge in [0.05, 0.1) is 12.7 Å². The van der Waals surface area contributed by atoms with E-state index >= 15 is 0 Å². The molecule has 2 N–H and O–H groups in total. The van der Waals surface area contributed by atoms with Crippen molar-refractivity contribution in [1.29, 1.82) is 0 Å². The predicted molar refractivity (Wildman–Crippen MR) is 101 cm³/mol. The van der Waals surface area contributed by atoms with Gasteiger partial charge in [-0.15, -0.1) is 0 Å². The van der Waals surface area contributed by atoms with Crippen LogP contribution in [0.25, 0.3) is 11.1 Å². The van der Waals surface area contributed by atoms with Crippen molar-refractivity contribution < 1.29 is 23.5 Å². The van der Waals surface area contributed by atoms with E-state index in [1.54, 1.807) is 0 Å². The first-order valence-electron chi connectivity index (χ1n) is 8.26. The molecular formula is C19H24NO5P. The maximum atomic E-state index is 12.1. The van der Waals surface area contributed by atoms with E-state index in [0.29, 0.717) is 6.42 Å².